The molecule has 0 aromatic carbocycles. The van der Waals surface area contributed by atoms with E-state index in [1.807, 2.05) is 4.90 Å². The molecule has 1 saturated heterocycles. The van der Waals surface area contributed by atoms with Crippen LogP contribution >= 0.6 is 0 Å². The normalized spacial score (nSPS) is 22.8. The van der Waals surface area contributed by atoms with Gasteiger partial charge in [0.25, 0.3) is 0 Å². The van der Waals surface area contributed by atoms with Crippen molar-refractivity contribution in [2.45, 2.75) is 89.7 Å². The summed E-state index contributed by atoms with van der Waals surface area (Å²) >= 11 is 0. The number of unbranched alkanes of at least 4 members (excludes halogenated alkanes) is 9. The SMILES string of the molecule is CCCCCCCCCCCCN1CC(O)CC1C(=O)O. The fourth-order valence-corrected chi connectivity index (χ4v) is 3.19. The maximum Gasteiger partial charge on any atom is 0.321 e. The molecule has 0 aromatic rings. The Labute approximate surface area is 129 Å². The van der Waals surface area contributed by atoms with Crippen LogP contribution in [0.1, 0.15) is 77.6 Å². The number of aliphatic hydroxyl groups excluding tert-OH is 1. The molecule has 0 bridgehead atoms. The van der Waals surface area contributed by atoms with E-state index in [1.165, 1.54) is 57.8 Å². The van der Waals surface area contributed by atoms with Gasteiger partial charge in [-0.05, 0) is 13.0 Å². The Bertz CT molecular complexity index is 283. The Kier molecular flexibility index (Phi) is 9.68. The van der Waals surface area contributed by atoms with E-state index >= 15 is 0 Å². The molecule has 4 nitrogen and oxygen atoms in total. The van der Waals surface area contributed by atoms with Crippen LogP contribution in [0.2, 0.25) is 0 Å². The molecule has 1 aliphatic heterocycles. The summed E-state index contributed by atoms with van der Waals surface area (Å²) in [4.78, 5) is 13.0. The molecule has 0 aromatic heterocycles. The first-order valence-corrected chi connectivity index (χ1v) is 8.80. The number of β-amino-alcohol motifs (C(OH)–C–C–N with tert-alkyl or cyclic N) is 1. The average Bonchev–Trinajstić information content (AvgIpc) is 2.82. The zero-order valence-corrected chi connectivity index (χ0v) is 13.6. The van der Waals surface area contributed by atoms with E-state index in [9.17, 15) is 9.90 Å². The highest BCUT2D eigenvalue weighted by atomic mass is 16.4. The number of hydrogen-bond acceptors (Lipinski definition) is 3. The summed E-state index contributed by atoms with van der Waals surface area (Å²) in [7, 11) is 0. The number of nitrogens with zero attached hydrogens (tertiary/aromatic N) is 1. The lowest BCUT2D eigenvalue weighted by atomic mass is 10.1. The van der Waals surface area contributed by atoms with Gasteiger partial charge in [-0.15, -0.1) is 0 Å². The molecule has 124 valence electrons. The summed E-state index contributed by atoms with van der Waals surface area (Å²) in [6.45, 7) is 3.58. The smallest absolute Gasteiger partial charge is 0.321 e. The van der Waals surface area contributed by atoms with Crippen molar-refractivity contribution >= 4 is 5.97 Å². The lowest BCUT2D eigenvalue weighted by molar-refractivity contribution is -0.142. The van der Waals surface area contributed by atoms with Crippen molar-refractivity contribution < 1.29 is 15.0 Å². The van der Waals surface area contributed by atoms with E-state index in [2.05, 4.69) is 6.92 Å². The topological polar surface area (TPSA) is 60.8 Å². The summed E-state index contributed by atoms with van der Waals surface area (Å²) in [5, 5.41) is 18.7. The number of carboxylic acids is 1. The van der Waals surface area contributed by atoms with Gasteiger partial charge >= 0.3 is 5.97 Å². The first kappa shape index (κ1) is 18.4. The van der Waals surface area contributed by atoms with Crippen molar-refractivity contribution in [3.05, 3.63) is 0 Å². The predicted molar refractivity (Wildman–Crippen MR) is 85.5 cm³/mol. The highest BCUT2D eigenvalue weighted by Crippen LogP contribution is 2.19. The summed E-state index contributed by atoms with van der Waals surface area (Å²) < 4.78 is 0. The van der Waals surface area contributed by atoms with Crippen molar-refractivity contribution in [1.29, 1.82) is 0 Å². The van der Waals surface area contributed by atoms with Gasteiger partial charge < -0.3 is 10.2 Å². The summed E-state index contributed by atoms with van der Waals surface area (Å²) in [6.07, 6.45) is 12.8. The Morgan fingerprint density at radius 2 is 1.52 bits per heavy atom. The summed E-state index contributed by atoms with van der Waals surface area (Å²) in [5.41, 5.74) is 0. The zero-order chi connectivity index (χ0) is 15.5. The minimum atomic E-state index is -0.793. The van der Waals surface area contributed by atoms with Gasteiger partial charge in [0.2, 0.25) is 0 Å². The van der Waals surface area contributed by atoms with Gasteiger partial charge in [-0.1, -0.05) is 64.7 Å². The van der Waals surface area contributed by atoms with Crippen molar-refractivity contribution in [2.24, 2.45) is 0 Å². The molecule has 2 atom stereocenters. The highest BCUT2D eigenvalue weighted by molar-refractivity contribution is 5.74. The molecule has 0 saturated carbocycles. The van der Waals surface area contributed by atoms with Crippen LogP contribution in [0.3, 0.4) is 0 Å². The molecule has 1 fully saturated rings. The molecule has 2 unspecified atom stereocenters. The number of likely N-dealkylation sites (tertiary alicyclic amines) is 1. The Morgan fingerprint density at radius 3 is 2.05 bits per heavy atom. The second-order valence-corrected chi connectivity index (χ2v) is 6.42. The molecule has 4 heteroatoms. The molecule has 0 radical (unpaired) electrons. The summed E-state index contributed by atoms with van der Waals surface area (Å²) in [6, 6.07) is -0.474. The Balaban J connectivity index is 1.95. The largest absolute Gasteiger partial charge is 0.480 e. The van der Waals surface area contributed by atoms with Gasteiger partial charge in [0, 0.05) is 13.0 Å². The monoisotopic (exact) mass is 299 g/mol. The predicted octanol–water partition coefficient (Wildman–Crippen LogP) is 3.43. The standard InChI is InChI=1S/C17H33NO3/c1-2-3-4-5-6-7-8-9-10-11-12-18-14-15(19)13-16(18)17(20)21/h15-16,19H,2-14H2,1H3,(H,20,21). The second kappa shape index (κ2) is 11.0. The maximum absolute atomic E-state index is 11.1. The van der Waals surface area contributed by atoms with Crippen LogP contribution in [-0.4, -0.2) is 46.3 Å². The van der Waals surface area contributed by atoms with Crippen LogP contribution in [0.5, 0.6) is 0 Å². The fourth-order valence-electron chi connectivity index (χ4n) is 3.19. The third-order valence-corrected chi connectivity index (χ3v) is 4.47. The summed E-state index contributed by atoms with van der Waals surface area (Å²) in [5.74, 6) is -0.793. The van der Waals surface area contributed by atoms with Gasteiger partial charge in [-0.25, -0.2) is 0 Å². The van der Waals surface area contributed by atoms with Crippen molar-refractivity contribution in [3.63, 3.8) is 0 Å². The zero-order valence-electron chi connectivity index (χ0n) is 13.6. The Morgan fingerprint density at radius 1 is 1.00 bits per heavy atom. The number of aliphatic hydroxyl groups is 1. The highest BCUT2D eigenvalue weighted by Gasteiger charge is 2.35. The first-order valence-electron chi connectivity index (χ1n) is 8.80. The van der Waals surface area contributed by atoms with Crippen molar-refractivity contribution in [1.82, 2.24) is 4.90 Å². The number of rotatable bonds is 12. The fraction of sp³-hybridized carbons (Fsp3) is 0.941. The molecular formula is C17H33NO3. The second-order valence-electron chi connectivity index (χ2n) is 6.42. The van der Waals surface area contributed by atoms with Crippen LogP contribution in [-0.2, 0) is 4.79 Å². The third-order valence-electron chi connectivity index (χ3n) is 4.47. The number of aliphatic carboxylic acids is 1. The molecule has 0 aliphatic carbocycles. The van der Waals surface area contributed by atoms with Crippen molar-refractivity contribution in [2.75, 3.05) is 13.1 Å². The number of carbonyl (C=O) groups is 1. The van der Waals surface area contributed by atoms with Gasteiger partial charge in [-0.3, -0.25) is 9.69 Å². The van der Waals surface area contributed by atoms with Crippen LogP contribution in [0.25, 0.3) is 0 Å². The minimum Gasteiger partial charge on any atom is -0.480 e. The van der Waals surface area contributed by atoms with Crippen molar-refractivity contribution in [3.8, 4) is 0 Å². The molecule has 1 heterocycles. The van der Waals surface area contributed by atoms with E-state index < -0.39 is 18.1 Å². The number of hydrogen-bond donors (Lipinski definition) is 2. The van der Waals surface area contributed by atoms with Crippen LogP contribution in [0.4, 0.5) is 0 Å². The minimum absolute atomic E-state index is 0.382. The molecular weight excluding hydrogens is 266 g/mol. The van der Waals surface area contributed by atoms with Gasteiger partial charge in [-0.2, -0.15) is 0 Å². The lowest BCUT2D eigenvalue weighted by Gasteiger charge is -2.20. The first-order chi connectivity index (χ1) is 10.1. The third kappa shape index (κ3) is 7.82. The van der Waals surface area contributed by atoms with E-state index in [0.29, 0.717) is 13.0 Å². The quantitative estimate of drug-likeness (QED) is 0.542. The van der Waals surface area contributed by atoms with E-state index in [0.717, 1.165) is 13.0 Å². The lowest BCUT2D eigenvalue weighted by Crippen LogP contribution is -2.36. The van der Waals surface area contributed by atoms with E-state index in [-0.39, 0.29) is 0 Å². The number of carboxylic acid groups (broad SMARTS) is 1. The average molecular weight is 299 g/mol. The molecule has 0 amide bonds. The molecule has 1 rings (SSSR count). The van der Waals surface area contributed by atoms with E-state index in [4.69, 9.17) is 5.11 Å². The van der Waals surface area contributed by atoms with Gasteiger partial charge in [0.05, 0.1) is 6.10 Å². The molecule has 0 spiro atoms. The maximum atomic E-state index is 11.1. The van der Waals surface area contributed by atoms with Crippen LogP contribution < -0.4 is 0 Å². The van der Waals surface area contributed by atoms with E-state index in [1.54, 1.807) is 0 Å². The molecule has 1 aliphatic rings. The van der Waals surface area contributed by atoms with Crippen LogP contribution in [0.15, 0.2) is 0 Å². The molecule has 21 heavy (non-hydrogen) atoms. The Hall–Kier alpha value is -0.610. The van der Waals surface area contributed by atoms with Crippen LogP contribution in [0, 0.1) is 0 Å². The van der Waals surface area contributed by atoms with Gasteiger partial charge in [0.1, 0.15) is 6.04 Å². The molecule has 2 N–H and O–H groups in total. The van der Waals surface area contributed by atoms with Gasteiger partial charge in [0.15, 0.2) is 0 Å².